The van der Waals surface area contributed by atoms with Gasteiger partial charge < -0.3 is 19.1 Å². The lowest BCUT2D eigenvalue weighted by atomic mass is 9.80. The molecule has 0 atom stereocenters. The number of para-hydroxylation sites is 2. The summed E-state index contributed by atoms with van der Waals surface area (Å²) in [7, 11) is 0. The molecule has 0 amide bonds. The summed E-state index contributed by atoms with van der Waals surface area (Å²) in [5.41, 5.74) is 16.4. The van der Waals surface area contributed by atoms with Gasteiger partial charge in [0.25, 0.3) is 0 Å². The molecule has 11 aromatic rings. The van der Waals surface area contributed by atoms with Crippen LogP contribution in [0.15, 0.2) is 194 Å². The molecule has 0 radical (unpaired) electrons. The molecular formula is C66H61N5O. The Balaban J connectivity index is 0.957. The van der Waals surface area contributed by atoms with Crippen LogP contribution in [0.25, 0.3) is 66.2 Å². The number of anilines is 4. The van der Waals surface area contributed by atoms with E-state index in [-0.39, 0.29) is 16.2 Å². The maximum absolute atomic E-state index is 6.94. The van der Waals surface area contributed by atoms with Crippen LogP contribution in [0, 0.1) is 0 Å². The Morgan fingerprint density at radius 1 is 0.375 bits per heavy atom. The topological polar surface area (TPSA) is 38.5 Å². The Kier molecular flexibility index (Phi) is 10.5. The van der Waals surface area contributed by atoms with Gasteiger partial charge in [-0.15, -0.1) is 0 Å². The maximum atomic E-state index is 6.94. The lowest BCUT2D eigenvalue weighted by molar-refractivity contribution is 0.483. The van der Waals surface area contributed by atoms with Crippen molar-refractivity contribution in [2.45, 2.75) is 78.6 Å². The molecule has 6 nitrogen and oxygen atoms in total. The molecule has 0 saturated heterocycles. The summed E-state index contributed by atoms with van der Waals surface area (Å²) in [6.07, 6.45) is 1.94. The van der Waals surface area contributed by atoms with E-state index in [1.165, 1.54) is 61.0 Å². The molecule has 0 unspecified atom stereocenters. The Hall–Kier alpha value is -8.09. The third-order valence-electron chi connectivity index (χ3n) is 14.7. The Morgan fingerprint density at radius 2 is 1.00 bits per heavy atom. The molecule has 356 valence electrons. The molecule has 4 heterocycles. The highest BCUT2D eigenvalue weighted by Gasteiger charge is 2.31. The van der Waals surface area contributed by atoms with Gasteiger partial charge in [-0.1, -0.05) is 147 Å². The third-order valence-corrected chi connectivity index (χ3v) is 14.7. The van der Waals surface area contributed by atoms with Gasteiger partial charge in [0.15, 0.2) is 0 Å². The van der Waals surface area contributed by atoms with Crippen LogP contribution in [0.5, 0.6) is 11.5 Å². The van der Waals surface area contributed by atoms with E-state index in [1.54, 1.807) is 0 Å². The van der Waals surface area contributed by atoms with E-state index < -0.39 is 0 Å². The second-order valence-corrected chi connectivity index (χ2v) is 22.7. The number of ether oxygens (including phenoxy) is 1. The van der Waals surface area contributed by atoms with Gasteiger partial charge in [-0.25, -0.2) is 4.98 Å². The van der Waals surface area contributed by atoms with Crippen LogP contribution in [0.2, 0.25) is 0 Å². The number of benzene rings is 8. The zero-order chi connectivity index (χ0) is 49.7. The van der Waals surface area contributed by atoms with Crippen LogP contribution in [-0.4, -0.2) is 20.8 Å². The van der Waals surface area contributed by atoms with Gasteiger partial charge in [-0.05, 0) is 135 Å². The molecule has 1 aliphatic rings. The predicted molar refractivity (Wildman–Crippen MR) is 303 cm³/mol. The summed E-state index contributed by atoms with van der Waals surface area (Å²) in [5.74, 6) is 2.39. The third kappa shape index (κ3) is 7.86. The first kappa shape index (κ1) is 45.1. The molecule has 1 aliphatic heterocycles. The van der Waals surface area contributed by atoms with Crippen LogP contribution in [0.3, 0.4) is 0 Å². The van der Waals surface area contributed by atoms with Crippen molar-refractivity contribution in [1.82, 2.24) is 14.1 Å². The van der Waals surface area contributed by atoms with Crippen molar-refractivity contribution in [3.05, 3.63) is 211 Å². The van der Waals surface area contributed by atoms with Crippen molar-refractivity contribution in [1.29, 1.82) is 0 Å². The van der Waals surface area contributed by atoms with Crippen molar-refractivity contribution in [2.75, 3.05) is 16.5 Å². The molecule has 72 heavy (non-hydrogen) atoms. The summed E-state index contributed by atoms with van der Waals surface area (Å²) in [6, 6.07) is 68.4. The SMILES string of the molecule is CC(C)(C)c1cc(N2CN(c3cccc(Oc4ccc5c6cc(-n7c8ccccc8c8ccccc87)ccc6n(-c6cc(C(C)(C)C)ccn6)c5c4)c3)c3ccc(-c4ccccc4)cc32)cc(C(C)(C)C)c1. The smallest absolute Gasteiger partial charge is 0.137 e. The minimum atomic E-state index is -0.0532. The van der Waals surface area contributed by atoms with E-state index in [1.807, 2.05) is 6.20 Å². The molecule has 8 aromatic carbocycles. The normalized spacial score (nSPS) is 13.2. The Bertz CT molecular complexity index is 3810. The standard InChI is InChI=1S/C66H61N5O/c1-64(2,3)45-32-33-67-63(38-45)71-59-31-27-49(70-57-24-15-13-22-53(57)54-23-14-16-25-58(54)70)40-56(59)55-29-28-52(41-61(55)71)72-51-21-17-20-48(39-51)68-42-69(50-36-46(65(4,5)6)35-47(37-50)66(7,8)9)62-34-44(26-30-60(62)68)43-18-11-10-12-19-43/h10-41H,42H2,1-9H3. The highest BCUT2D eigenvalue weighted by Crippen LogP contribution is 2.48. The highest BCUT2D eigenvalue weighted by atomic mass is 16.5. The summed E-state index contributed by atoms with van der Waals surface area (Å²) < 4.78 is 11.6. The number of aromatic nitrogens is 3. The van der Waals surface area contributed by atoms with E-state index in [0.717, 1.165) is 56.2 Å². The molecule has 6 heteroatoms. The number of pyridine rings is 1. The molecule has 0 N–H and O–H groups in total. The van der Waals surface area contributed by atoms with Gasteiger partial charge in [0.05, 0.1) is 33.4 Å². The van der Waals surface area contributed by atoms with Crippen LogP contribution in [-0.2, 0) is 16.2 Å². The zero-order valence-electron chi connectivity index (χ0n) is 42.8. The lowest BCUT2D eigenvalue weighted by Gasteiger charge is -2.29. The van der Waals surface area contributed by atoms with Crippen LogP contribution in [0.1, 0.15) is 79.0 Å². The minimum absolute atomic E-state index is 0.0173. The fraction of sp³-hybridized carbons (Fsp3) is 0.197. The Labute approximate surface area is 423 Å². The van der Waals surface area contributed by atoms with E-state index >= 15 is 0 Å². The average Bonchev–Trinajstić information content (AvgIpc) is 4.03. The second-order valence-electron chi connectivity index (χ2n) is 22.7. The van der Waals surface area contributed by atoms with E-state index in [4.69, 9.17) is 9.72 Å². The molecule has 0 aliphatic carbocycles. The first-order chi connectivity index (χ1) is 34.6. The van der Waals surface area contributed by atoms with Crippen molar-refractivity contribution in [2.24, 2.45) is 0 Å². The number of rotatable bonds is 7. The number of fused-ring (bicyclic) bond motifs is 7. The zero-order valence-corrected chi connectivity index (χ0v) is 42.8. The van der Waals surface area contributed by atoms with Gasteiger partial charge >= 0.3 is 0 Å². The number of hydrogen-bond acceptors (Lipinski definition) is 4. The summed E-state index contributed by atoms with van der Waals surface area (Å²) in [4.78, 5) is 9.93. The highest BCUT2D eigenvalue weighted by molar-refractivity contribution is 6.12. The molecule has 12 rings (SSSR count). The largest absolute Gasteiger partial charge is 0.457 e. The predicted octanol–water partition coefficient (Wildman–Crippen LogP) is 17.9. The minimum Gasteiger partial charge on any atom is -0.457 e. The van der Waals surface area contributed by atoms with Crippen LogP contribution in [0.4, 0.5) is 22.7 Å². The van der Waals surface area contributed by atoms with Crippen molar-refractivity contribution in [3.63, 3.8) is 0 Å². The van der Waals surface area contributed by atoms with Gasteiger partial charge in [0, 0.05) is 56.9 Å². The molecule has 3 aromatic heterocycles. The quantitative estimate of drug-likeness (QED) is 0.160. The maximum Gasteiger partial charge on any atom is 0.137 e. The number of nitrogens with zero attached hydrogens (tertiary/aromatic N) is 5. The molecular weight excluding hydrogens is 879 g/mol. The molecule has 0 bridgehead atoms. The molecule has 0 spiro atoms. The monoisotopic (exact) mass is 939 g/mol. The summed E-state index contributed by atoms with van der Waals surface area (Å²) in [6.45, 7) is 21.3. The van der Waals surface area contributed by atoms with E-state index in [9.17, 15) is 0 Å². The summed E-state index contributed by atoms with van der Waals surface area (Å²) >= 11 is 0. The van der Waals surface area contributed by atoms with Gasteiger partial charge in [0.2, 0.25) is 0 Å². The van der Waals surface area contributed by atoms with E-state index in [0.29, 0.717) is 6.67 Å². The van der Waals surface area contributed by atoms with E-state index in [2.05, 4.69) is 269 Å². The van der Waals surface area contributed by atoms with Crippen molar-refractivity contribution in [3.8, 4) is 34.1 Å². The lowest BCUT2D eigenvalue weighted by Crippen LogP contribution is -2.25. The van der Waals surface area contributed by atoms with Gasteiger partial charge in [-0.2, -0.15) is 0 Å². The Morgan fingerprint density at radius 3 is 1.69 bits per heavy atom. The van der Waals surface area contributed by atoms with Crippen molar-refractivity contribution >= 4 is 66.4 Å². The van der Waals surface area contributed by atoms with Crippen molar-refractivity contribution < 1.29 is 4.74 Å². The first-order valence-corrected chi connectivity index (χ1v) is 25.3. The van der Waals surface area contributed by atoms with Crippen LogP contribution >= 0.6 is 0 Å². The fourth-order valence-electron chi connectivity index (χ4n) is 10.6. The summed E-state index contributed by atoms with van der Waals surface area (Å²) in [5, 5.41) is 4.77. The van der Waals surface area contributed by atoms with Gasteiger partial charge in [0.1, 0.15) is 24.0 Å². The average molecular weight is 940 g/mol. The second kappa shape index (κ2) is 16.8. The number of hydrogen-bond donors (Lipinski definition) is 0. The fourth-order valence-corrected chi connectivity index (χ4v) is 10.6. The molecule has 0 fully saturated rings. The molecule has 0 saturated carbocycles. The van der Waals surface area contributed by atoms with Crippen LogP contribution < -0.4 is 14.5 Å². The van der Waals surface area contributed by atoms with Gasteiger partial charge in [-0.3, -0.25) is 4.57 Å². The first-order valence-electron chi connectivity index (χ1n) is 25.3.